The Balaban J connectivity index is 2.29. The molecule has 0 aromatic carbocycles. The number of pyridine rings is 1. The lowest BCUT2D eigenvalue weighted by molar-refractivity contribution is -0.130. The Morgan fingerprint density at radius 3 is 2.75 bits per heavy atom. The Bertz CT molecular complexity index is 314. The van der Waals surface area contributed by atoms with Gasteiger partial charge in [0.25, 0.3) is 0 Å². The molecule has 4 heteroatoms. The van der Waals surface area contributed by atoms with Gasteiger partial charge in [0.05, 0.1) is 0 Å². The van der Waals surface area contributed by atoms with Crippen molar-refractivity contribution in [2.45, 2.75) is 19.3 Å². The van der Waals surface area contributed by atoms with Crippen LogP contribution in [0.5, 0.6) is 0 Å². The quantitative estimate of drug-likeness (QED) is 0.776. The van der Waals surface area contributed by atoms with E-state index in [2.05, 4.69) is 4.98 Å². The molecule has 4 nitrogen and oxygen atoms in total. The molecule has 0 atom stereocenters. The van der Waals surface area contributed by atoms with Crippen LogP contribution >= 0.6 is 0 Å². The van der Waals surface area contributed by atoms with E-state index in [1.54, 1.807) is 24.3 Å². The molecule has 0 aliphatic rings. The summed E-state index contributed by atoms with van der Waals surface area (Å²) in [6.07, 6.45) is 5.30. The van der Waals surface area contributed by atoms with Gasteiger partial charge < -0.3 is 10.0 Å². The van der Waals surface area contributed by atoms with E-state index in [9.17, 15) is 4.79 Å². The molecule has 1 amide bonds. The van der Waals surface area contributed by atoms with Crippen LogP contribution < -0.4 is 0 Å². The molecule has 0 aliphatic heterocycles. The average Bonchev–Trinajstić information content (AvgIpc) is 2.34. The molecule has 0 fully saturated rings. The van der Waals surface area contributed by atoms with E-state index in [1.807, 2.05) is 12.1 Å². The minimum atomic E-state index is 0.0733. The Kier molecular flexibility index (Phi) is 5.50. The number of carbonyl (C=O) groups is 1. The first-order valence-corrected chi connectivity index (χ1v) is 5.47. The van der Waals surface area contributed by atoms with Crippen molar-refractivity contribution in [3.8, 4) is 0 Å². The van der Waals surface area contributed by atoms with E-state index in [1.165, 1.54) is 5.56 Å². The summed E-state index contributed by atoms with van der Waals surface area (Å²) < 4.78 is 0. The number of likely N-dealkylation sites (N-methyl/N-ethyl adjacent to an activating group) is 1. The number of amides is 1. The Morgan fingerprint density at radius 2 is 2.12 bits per heavy atom. The summed E-state index contributed by atoms with van der Waals surface area (Å²) in [5.41, 5.74) is 1.18. The second kappa shape index (κ2) is 6.95. The van der Waals surface area contributed by atoms with Crippen LogP contribution in [-0.4, -0.2) is 41.1 Å². The summed E-state index contributed by atoms with van der Waals surface area (Å²) in [6.45, 7) is 0.776. The lowest BCUT2D eigenvalue weighted by atomic mass is 10.2. The summed E-state index contributed by atoms with van der Waals surface area (Å²) >= 11 is 0. The van der Waals surface area contributed by atoms with Gasteiger partial charge in [-0.1, -0.05) is 0 Å². The number of hydrogen-bond acceptors (Lipinski definition) is 3. The van der Waals surface area contributed by atoms with Crippen LogP contribution in [0.1, 0.15) is 18.4 Å². The number of aromatic nitrogens is 1. The van der Waals surface area contributed by atoms with Crippen molar-refractivity contribution in [1.82, 2.24) is 9.88 Å². The van der Waals surface area contributed by atoms with E-state index in [0.29, 0.717) is 19.4 Å². The molecule has 0 aliphatic carbocycles. The summed E-state index contributed by atoms with van der Waals surface area (Å²) in [5, 5.41) is 8.63. The standard InChI is InChI=1S/C12H18N2O2/c1-14(12(16)3-2-10-15)9-6-11-4-7-13-8-5-11/h4-5,7-8,15H,2-3,6,9-10H2,1H3. The lowest BCUT2D eigenvalue weighted by Gasteiger charge is -2.16. The molecular weight excluding hydrogens is 204 g/mol. The normalized spacial score (nSPS) is 10.1. The summed E-state index contributed by atoms with van der Waals surface area (Å²) in [4.78, 5) is 17.2. The molecule has 0 saturated heterocycles. The van der Waals surface area contributed by atoms with Crippen LogP contribution in [0.2, 0.25) is 0 Å². The third kappa shape index (κ3) is 4.40. The highest BCUT2D eigenvalue weighted by molar-refractivity contribution is 5.75. The molecule has 1 N–H and O–H groups in total. The zero-order chi connectivity index (χ0) is 11.8. The van der Waals surface area contributed by atoms with Crippen LogP contribution in [0.3, 0.4) is 0 Å². The van der Waals surface area contributed by atoms with Gasteiger partial charge >= 0.3 is 0 Å². The number of nitrogens with zero attached hydrogens (tertiary/aromatic N) is 2. The smallest absolute Gasteiger partial charge is 0.222 e. The Labute approximate surface area is 95.9 Å². The Morgan fingerprint density at radius 1 is 1.44 bits per heavy atom. The van der Waals surface area contributed by atoms with E-state index in [0.717, 1.165) is 6.42 Å². The highest BCUT2D eigenvalue weighted by Crippen LogP contribution is 2.01. The number of aliphatic hydroxyl groups excluding tert-OH is 1. The van der Waals surface area contributed by atoms with Crippen molar-refractivity contribution in [1.29, 1.82) is 0 Å². The van der Waals surface area contributed by atoms with Crippen molar-refractivity contribution >= 4 is 5.91 Å². The first kappa shape index (κ1) is 12.6. The van der Waals surface area contributed by atoms with Crippen molar-refractivity contribution < 1.29 is 9.90 Å². The second-order valence-electron chi connectivity index (χ2n) is 3.75. The number of carbonyl (C=O) groups excluding carboxylic acids is 1. The van der Waals surface area contributed by atoms with E-state index in [4.69, 9.17) is 5.11 Å². The lowest BCUT2D eigenvalue weighted by Crippen LogP contribution is -2.28. The summed E-state index contributed by atoms with van der Waals surface area (Å²) in [6, 6.07) is 3.90. The predicted octanol–water partition coefficient (Wildman–Crippen LogP) is 0.855. The topological polar surface area (TPSA) is 53.4 Å². The largest absolute Gasteiger partial charge is 0.396 e. The van der Waals surface area contributed by atoms with Crippen molar-refractivity contribution in [2.24, 2.45) is 0 Å². The molecule has 1 aromatic heterocycles. The van der Waals surface area contributed by atoms with Gasteiger partial charge in [0, 0.05) is 39.0 Å². The van der Waals surface area contributed by atoms with Crippen molar-refractivity contribution in [3.63, 3.8) is 0 Å². The zero-order valence-electron chi connectivity index (χ0n) is 9.59. The maximum Gasteiger partial charge on any atom is 0.222 e. The minimum Gasteiger partial charge on any atom is -0.396 e. The fourth-order valence-corrected chi connectivity index (χ4v) is 1.39. The molecule has 0 radical (unpaired) electrons. The summed E-state index contributed by atoms with van der Waals surface area (Å²) in [5.74, 6) is 0.0862. The van der Waals surface area contributed by atoms with Gasteiger partial charge in [0.15, 0.2) is 0 Å². The van der Waals surface area contributed by atoms with Gasteiger partial charge in [0.2, 0.25) is 5.91 Å². The number of hydrogen-bond donors (Lipinski definition) is 1. The van der Waals surface area contributed by atoms with Crippen LogP contribution in [-0.2, 0) is 11.2 Å². The molecule has 16 heavy (non-hydrogen) atoms. The SMILES string of the molecule is CN(CCc1ccncc1)C(=O)CCCO. The molecule has 0 spiro atoms. The summed E-state index contributed by atoms with van der Waals surface area (Å²) in [7, 11) is 1.79. The van der Waals surface area contributed by atoms with Gasteiger partial charge in [-0.05, 0) is 30.5 Å². The second-order valence-corrected chi connectivity index (χ2v) is 3.75. The molecule has 0 unspecified atom stereocenters. The fourth-order valence-electron chi connectivity index (χ4n) is 1.39. The predicted molar refractivity (Wildman–Crippen MR) is 61.9 cm³/mol. The molecule has 0 saturated carbocycles. The highest BCUT2D eigenvalue weighted by atomic mass is 16.3. The van der Waals surface area contributed by atoms with Gasteiger partial charge in [-0.25, -0.2) is 0 Å². The van der Waals surface area contributed by atoms with E-state index in [-0.39, 0.29) is 12.5 Å². The number of aliphatic hydroxyl groups is 1. The monoisotopic (exact) mass is 222 g/mol. The van der Waals surface area contributed by atoms with Gasteiger partial charge in [-0.2, -0.15) is 0 Å². The molecule has 1 rings (SSSR count). The first-order chi connectivity index (χ1) is 7.74. The van der Waals surface area contributed by atoms with Crippen LogP contribution in [0, 0.1) is 0 Å². The molecule has 1 heterocycles. The maximum atomic E-state index is 11.5. The average molecular weight is 222 g/mol. The number of rotatable bonds is 6. The molecule has 1 aromatic rings. The first-order valence-electron chi connectivity index (χ1n) is 5.47. The minimum absolute atomic E-state index is 0.0733. The van der Waals surface area contributed by atoms with Gasteiger partial charge in [-0.15, -0.1) is 0 Å². The van der Waals surface area contributed by atoms with Crippen LogP contribution in [0.4, 0.5) is 0 Å². The van der Waals surface area contributed by atoms with Gasteiger partial charge in [0.1, 0.15) is 0 Å². The van der Waals surface area contributed by atoms with Crippen molar-refractivity contribution in [2.75, 3.05) is 20.2 Å². The molecule has 88 valence electrons. The van der Waals surface area contributed by atoms with Gasteiger partial charge in [-0.3, -0.25) is 9.78 Å². The van der Waals surface area contributed by atoms with Crippen LogP contribution in [0.25, 0.3) is 0 Å². The maximum absolute atomic E-state index is 11.5. The fraction of sp³-hybridized carbons (Fsp3) is 0.500. The third-order valence-electron chi connectivity index (χ3n) is 2.46. The zero-order valence-corrected chi connectivity index (χ0v) is 9.59. The van der Waals surface area contributed by atoms with Crippen LogP contribution in [0.15, 0.2) is 24.5 Å². The van der Waals surface area contributed by atoms with E-state index >= 15 is 0 Å². The van der Waals surface area contributed by atoms with E-state index < -0.39 is 0 Å². The highest BCUT2D eigenvalue weighted by Gasteiger charge is 2.07. The molecular formula is C12H18N2O2. The third-order valence-corrected chi connectivity index (χ3v) is 2.46. The molecule has 0 bridgehead atoms. The van der Waals surface area contributed by atoms with Crippen molar-refractivity contribution in [3.05, 3.63) is 30.1 Å². The Hall–Kier alpha value is -1.42.